The van der Waals surface area contributed by atoms with Gasteiger partial charge in [-0.15, -0.1) is 0 Å². The highest BCUT2D eigenvalue weighted by Crippen LogP contribution is 2.29. The molecule has 1 fully saturated rings. The number of Topliss-reactive ketones (excluding diaryl/α,β-unsaturated/α-hetero) is 1. The van der Waals surface area contributed by atoms with Crippen LogP contribution in [0.15, 0.2) is 48.5 Å². The molecule has 29 heavy (non-hydrogen) atoms. The number of ketones is 1. The molecular weight excluding hydrogens is 384 g/mol. The van der Waals surface area contributed by atoms with E-state index in [2.05, 4.69) is 27.2 Å². The number of carbonyl (C=O) groups excluding carboxylic acids is 2. The van der Waals surface area contributed by atoms with Crippen molar-refractivity contribution in [2.45, 2.75) is 6.92 Å². The fourth-order valence-corrected chi connectivity index (χ4v) is 4.46. The predicted molar refractivity (Wildman–Crippen MR) is 117 cm³/mol. The number of rotatable bonds is 6. The van der Waals surface area contributed by atoms with Crippen LogP contribution < -0.4 is 10.2 Å². The Balaban J connectivity index is 1.22. The van der Waals surface area contributed by atoms with Crippen molar-refractivity contribution < 1.29 is 9.59 Å². The molecule has 1 saturated heterocycles. The highest BCUT2D eigenvalue weighted by atomic mass is 32.1. The van der Waals surface area contributed by atoms with E-state index in [1.165, 1.54) is 11.6 Å². The standard InChI is InChI=1S/C22H24N4O2S/c1-16(27)17-6-8-18(9-7-17)21(28)23-10-11-25-12-14-26(15-13-25)22-24-19-4-2-3-5-20(19)29-22/h2-9H,10-15H2,1H3,(H,23,28). The number of nitrogens with zero attached hydrogens (tertiary/aromatic N) is 3. The zero-order chi connectivity index (χ0) is 20.2. The molecule has 2 heterocycles. The van der Waals surface area contributed by atoms with Crippen LogP contribution in [0.25, 0.3) is 10.2 Å². The summed E-state index contributed by atoms with van der Waals surface area (Å²) in [5.74, 6) is -0.102. The summed E-state index contributed by atoms with van der Waals surface area (Å²) in [6, 6.07) is 15.0. The molecule has 0 atom stereocenters. The lowest BCUT2D eigenvalue weighted by Gasteiger charge is -2.34. The Morgan fingerprint density at radius 2 is 1.69 bits per heavy atom. The first-order valence-corrected chi connectivity index (χ1v) is 10.6. The van der Waals surface area contributed by atoms with E-state index < -0.39 is 0 Å². The Morgan fingerprint density at radius 1 is 1.00 bits per heavy atom. The van der Waals surface area contributed by atoms with Crippen molar-refractivity contribution >= 4 is 38.4 Å². The molecule has 0 saturated carbocycles. The third-order valence-corrected chi connectivity index (χ3v) is 6.29. The Kier molecular flexibility index (Phi) is 5.87. The molecule has 150 valence electrons. The van der Waals surface area contributed by atoms with Crippen molar-refractivity contribution in [2.75, 3.05) is 44.2 Å². The molecule has 2 aromatic carbocycles. The van der Waals surface area contributed by atoms with Gasteiger partial charge in [0.05, 0.1) is 10.2 Å². The molecule has 0 bridgehead atoms. The number of thiazole rings is 1. The maximum Gasteiger partial charge on any atom is 0.251 e. The van der Waals surface area contributed by atoms with E-state index in [0.29, 0.717) is 17.7 Å². The molecule has 4 rings (SSSR count). The van der Waals surface area contributed by atoms with Gasteiger partial charge in [0, 0.05) is 50.4 Å². The van der Waals surface area contributed by atoms with E-state index in [4.69, 9.17) is 4.98 Å². The SMILES string of the molecule is CC(=O)c1ccc(C(=O)NCCN2CCN(c3nc4ccccc4s3)CC2)cc1. The summed E-state index contributed by atoms with van der Waals surface area (Å²) in [6.07, 6.45) is 0. The van der Waals surface area contributed by atoms with Crippen molar-refractivity contribution in [3.8, 4) is 0 Å². The molecule has 6 nitrogen and oxygen atoms in total. The number of piperazine rings is 1. The predicted octanol–water partition coefficient (Wildman–Crippen LogP) is 3.05. The molecule has 0 radical (unpaired) electrons. The van der Waals surface area contributed by atoms with Crippen LogP contribution in [0.2, 0.25) is 0 Å². The number of aromatic nitrogens is 1. The van der Waals surface area contributed by atoms with Gasteiger partial charge in [0.1, 0.15) is 0 Å². The fraction of sp³-hybridized carbons (Fsp3) is 0.318. The second-order valence-corrected chi connectivity index (χ2v) is 8.19. The molecule has 1 aliphatic heterocycles. The smallest absolute Gasteiger partial charge is 0.251 e. The first kappa shape index (κ1) is 19.5. The molecule has 1 amide bonds. The summed E-state index contributed by atoms with van der Waals surface area (Å²) in [6.45, 7) is 6.75. The van der Waals surface area contributed by atoms with Gasteiger partial charge in [-0.25, -0.2) is 4.98 Å². The van der Waals surface area contributed by atoms with Crippen molar-refractivity contribution in [1.82, 2.24) is 15.2 Å². The lowest BCUT2D eigenvalue weighted by molar-refractivity contribution is 0.0945. The molecule has 1 N–H and O–H groups in total. The molecular formula is C22H24N4O2S. The molecule has 1 aliphatic rings. The minimum absolute atomic E-state index is 0.00180. The Morgan fingerprint density at radius 3 is 2.38 bits per heavy atom. The van der Waals surface area contributed by atoms with E-state index in [-0.39, 0.29) is 11.7 Å². The van der Waals surface area contributed by atoms with Crippen LogP contribution in [0.3, 0.4) is 0 Å². The number of hydrogen-bond acceptors (Lipinski definition) is 6. The molecule has 1 aromatic heterocycles. The number of amides is 1. The third kappa shape index (κ3) is 4.63. The van der Waals surface area contributed by atoms with Crippen LogP contribution in [0, 0.1) is 0 Å². The van der Waals surface area contributed by atoms with Crippen molar-refractivity contribution in [3.63, 3.8) is 0 Å². The van der Waals surface area contributed by atoms with Gasteiger partial charge in [-0.1, -0.05) is 35.6 Å². The van der Waals surface area contributed by atoms with E-state index in [9.17, 15) is 9.59 Å². The summed E-state index contributed by atoms with van der Waals surface area (Å²) < 4.78 is 1.23. The largest absolute Gasteiger partial charge is 0.351 e. The monoisotopic (exact) mass is 408 g/mol. The van der Waals surface area contributed by atoms with Gasteiger partial charge >= 0.3 is 0 Å². The number of nitrogens with one attached hydrogen (secondary N) is 1. The molecule has 0 spiro atoms. The maximum atomic E-state index is 12.3. The van der Waals surface area contributed by atoms with Gasteiger partial charge in [-0.05, 0) is 31.2 Å². The molecule has 3 aromatic rings. The van der Waals surface area contributed by atoms with Crippen LogP contribution in [0.1, 0.15) is 27.6 Å². The minimum atomic E-state index is -0.104. The normalized spacial score (nSPS) is 14.9. The van der Waals surface area contributed by atoms with Crippen LogP contribution >= 0.6 is 11.3 Å². The van der Waals surface area contributed by atoms with Gasteiger partial charge in [0.15, 0.2) is 10.9 Å². The van der Waals surface area contributed by atoms with Gasteiger partial charge in [-0.3, -0.25) is 14.5 Å². The Hall–Kier alpha value is -2.77. The zero-order valence-corrected chi connectivity index (χ0v) is 17.2. The van der Waals surface area contributed by atoms with E-state index in [1.54, 1.807) is 35.6 Å². The summed E-state index contributed by atoms with van der Waals surface area (Å²) in [7, 11) is 0. The highest BCUT2D eigenvalue weighted by Gasteiger charge is 2.19. The molecule has 7 heteroatoms. The number of benzene rings is 2. The summed E-state index contributed by atoms with van der Waals surface area (Å²) >= 11 is 1.75. The Bertz CT molecular complexity index is 974. The second kappa shape index (κ2) is 8.71. The van der Waals surface area contributed by atoms with E-state index >= 15 is 0 Å². The van der Waals surface area contributed by atoms with Crippen LogP contribution in [0.4, 0.5) is 5.13 Å². The van der Waals surface area contributed by atoms with Gasteiger partial charge < -0.3 is 10.2 Å². The quantitative estimate of drug-likeness (QED) is 0.635. The lowest BCUT2D eigenvalue weighted by atomic mass is 10.1. The first-order valence-electron chi connectivity index (χ1n) is 9.82. The van der Waals surface area contributed by atoms with Gasteiger partial charge in [0.2, 0.25) is 0 Å². The third-order valence-electron chi connectivity index (χ3n) is 5.19. The topological polar surface area (TPSA) is 65.5 Å². The number of carbonyl (C=O) groups is 2. The van der Waals surface area contributed by atoms with E-state index in [0.717, 1.165) is 43.4 Å². The lowest BCUT2D eigenvalue weighted by Crippen LogP contribution is -2.48. The second-order valence-electron chi connectivity index (χ2n) is 7.18. The highest BCUT2D eigenvalue weighted by molar-refractivity contribution is 7.22. The van der Waals surface area contributed by atoms with Gasteiger partial charge in [-0.2, -0.15) is 0 Å². The fourth-order valence-electron chi connectivity index (χ4n) is 3.44. The average Bonchev–Trinajstić information content (AvgIpc) is 3.18. The number of hydrogen-bond donors (Lipinski definition) is 1. The maximum absolute atomic E-state index is 12.3. The first-order chi connectivity index (χ1) is 14.1. The average molecular weight is 409 g/mol. The van der Waals surface area contributed by atoms with Crippen molar-refractivity contribution in [2.24, 2.45) is 0 Å². The minimum Gasteiger partial charge on any atom is -0.351 e. The van der Waals surface area contributed by atoms with Crippen molar-refractivity contribution in [1.29, 1.82) is 0 Å². The van der Waals surface area contributed by atoms with Crippen LogP contribution in [-0.4, -0.2) is 60.8 Å². The zero-order valence-electron chi connectivity index (χ0n) is 16.4. The number of para-hydroxylation sites is 1. The molecule has 0 aliphatic carbocycles. The number of fused-ring (bicyclic) bond motifs is 1. The summed E-state index contributed by atoms with van der Waals surface area (Å²) in [4.78, 5) is 33.0. The summed E-state index contributed by atoms with van der Waals surface area (Å²) in [5.41, 5.74) is 2.26. The van der Waals surface area contributed by atoms with Gasteiger partial charge in [0.25, 0.3) is 5.91 Å². The van der Waals surface area contributed by atoms with E-state index in [1.807, 2.05) is 12.1 Å². The summed E-state index contributed by atoms with van der Waals surface area (Å²) in [5, 5.41) is 4.06. The number of anilines is 1. The molecule has 0 unspecified atom stereocenters. The Labute approximate surface area is 174 Å². The van der Waals surface area contributed by atoms with Crippen molar-refractivity contribution in [3.05, 3.63) is 59.7 Å². The van der Waals surface area contributed by atoms with Crippen LogP contribution in [-0.2, 0) is 0 Å². The van der Waals surface area contributed by atoms with Crippen LogP contribution in [0.5, 0.6) is 0 Å².